The fourth-order valence-electron chi connectivity index (χ4n) is 2.56. The molecular formula is C12H18BrN3OS. The minimum atomic E-state index is -1.33. The van der Waals surface area contributed by atoms with E-state index < -0.39 is 15.7 Å². The Balaban J connectivity index is 2.26. The van der Waals surface area contributed by atoms with Crippen LogP contribution < -0.4 is 5.14 Å². The average molecular weight is 332 g/mol. The van der Waals surface area contributed by atoms with E-state index in [2.05, 4.69) is 25.9 Å². The van der Waals surface area contributed by atoms with Crippen LogP contribution in [0.25, 0.3) is 0 Å². The van der Waals surface area contributed by atoms with Gasteiger partial charge in [-0.05, 0) is 49.0 Å². The fraction of sp³-hybridized carbons (Fsp3) is 0.667. The lowest BCUT2D eigenvalue weighted by atomic mass is 9.64. The summed E-state index contributed by atoms with van der Waals surface area (Å²) in [6.45, 7) is 3.89. The predicted molar refractivity (Wildman–Crippen MR) is 76.3 cm³/mol. The van der Waals surface area contributed by atoms with Gasteiger partial charge in [-0.1, -0.05) is 6.42 Å². The van der Waals surface area contributed by atoms with Crippen LogP contribution in [0.15, 0.2) is 16.9 Å². The zero-order valence-electron chi connectivity index (χ0n) is 10.6. The van der Waals surface area contributed by atoms with Crippen molar-refractivity contribution in [3.8, 4) is 0 Å². The van der Waals surface area contributed by atoms with E-state index in [1.54, 1.807) is 12.4 Å². The van der Waals surface area contributed by atoms with Gasteiger partial charge < -0.3 is 0 Å². The van der Waals surface area contributed by atoms with E-state index in [-0.39, 0.29) is 5.41 Å². The van der Waals surface area contributed by atoms with Crippen LogP contribution in [-0.2, 0) is 16.4 Å². The van der Waals surface area contributed by atoms with Gasteiger partial charge in [-0.15, -0.1) is 0 Å². The second-order valence-corrected chi connectivity index (χ2v) is 8.21. The molecule has 0 saturated heterocycles. The van der Waals surface area contributed by atoms with Crippen LogP contribution in [0.2, 0.25) is 0 Å². The van der Waals surface area contributed by atoms with Gasteiger partial charge in [0.2, 0.25) is 0 Å². The summed E-state index contributed by atoms with van der Waals surface area (Å²) in [7, 11) is -1.33. The summed E-state index contributed by atoms with van der Waals surface area (Å²) in [5.41, 5.74) is -0.0424. The van der Waals surface area contributed by atoms with Crippen LogP contribution in [0.4, 0.5) is 0 Å². The highest BCUT2D eigenvalue weighted by Gasteiger charge is 2.46. The average Bonchev–Trinajstić information content (AvgIpc) is 2.25. The number of aromatic nitrogens is 2. The van der Waals surface area contributed by atoms with E-state index in [0.29, 0.717) is 0 Å². The van der Waals surface area contributed by atoms with Crippen molar-refractivity contribution in [2.75, 3.05) is 0 Å². The number of halogens is 1. The molecule has 0 spiro atoms. The summed E-state index contributed by atoms with van der Waals surface area (Å²) in [5, 5.41) is 5.58. The molecule has 1 aromatic rings. The standard InChI is InChI=1S/C12H18BrN3OS/c1-11(2,18(14)17)8-12(4-3-5-12)10-15-6-9(13)7-16-10/h6-7H,3-5,8,14H2,1-2H3. The molecule has 0 aliphatic heterocycles. The molecule has 0 radical (unpaired) electrons. The van der Waals surface area contributed by atoms with Crippen molar-refractivity contribution in [1.29, 1.82) is 0 Å². The van der Waals surface area contributed by atoms with Gasteiger partial charge in [0.1, 0.15) is 5.82 Å². The van der Waals surface area contributed by atoms with E-state index >= 15 is 0 Å². The van der Waals surface area contributed by atoms with Crippen LogP contribution in [0.3, 0.4) is 0 Å². The van der Waals surface area contributed by atoms with Crippen molar-refractivity contribution in [3.05, 3.63) is 22.7 Å². The molecule has 100 valence electrons. The highest BCUT2D eigenvalue weighted by molar-refractivity contribution is 9.10. The van der Waals surface area contributed by atoms with Crippen molar-refractivity contribution in [2.24, 2.45) is 5.14 Å². The third-order valence-corrected chi connectivity index (χ3v) is 5.36. The van der Waals surface area contributed by atoms with Crippen LogP contribution in [0, 0.1) is 0 Å². The van der Waals surface area contributed by atoms with Gasteiger partial charge in [0.15, 0.2) is 0 Å². The monoisotopic (exact) mass is 331 g/mol. The minimum absolute atomic E-state index is 0.0424. The Kier molecular flexibility index (Phi) is 3.90. The second-order valence-electron chi connectivity index (χ2n) is 5.59. The molecule has 2 rings (SSSR count). The molecular weight excluding hydrogens is 314 g/mol. The van der Waals surface area contributed by atoms with Crippen LogP contribution in [0.1, 0.15) is 45.4 Å². The van der Waals surface area contributed by atoms with Crippen molar-refractivity contribution in [3.63, 3.8) is 0 Å². The normalized spacial score (nSPS) is 20.2. The molecule has 6 heteroatoms. The first-order valence-corrected chi connectivity index (χ1v) is 8.01. The number of nitrogens with zero attached hydrogens (tertiary/aromatic N) is 2. The third-order valence-electron chi connectivity index (χ3n) is 3.71. The van der Waals surface area contributed by atoms with Crippen molar-refractivity contribution >= 4 is 26.9 Å². The second kappa shape index (κ2) is 4.98. The van der Waals surface area contributed by atoms with Crippen molar-refractivity contribution in [1.82, 2.24) is 9.97 Å². The number of hydrogen-bond donors (Lipinski definition) is 1. The number of nitrogens with two attached hydrogens (primary N) is 1. The lowest BCUT2D eigenvalue weighted by Crippen LogP contribution is -2.45. The number of rotatable bonds is 4. The van der Waals surface area contributed by atoms with Gasteiger partial charge in [-0.25, -0.2) is 14.2 Å². The zero-order valence-corrected chi connectivity index (χ0v) is 13.1. The molecule has 1 aromatic heterocycles. The van der Waals surface area contributed by atoms with Gasteiger partial charge in [-0.3, -0.25) is 5.14 Å². The van der Waals surface area contributed by atoms with Gasteiger partial charge in [0, 0.05) is 17.8 Å². The molecule has 0 bridgehead atoms. The Morgan fingerprint density at radius 3 is 2.39 bits per heavy atom. The first kappa shape index (κ1) is 14.1. The summed E-state index contributed by atoms with van der Waals surface area (Å²) in [5.74, 6) is 0.857. The SMILES string of the molecule is CC(C)(CC1(c2ncc(Br)cn2)CCC1)S(N)=O. The molecule has 1 aliphatic carbocycles. The molecule has 1 heterocycles. The quantitative estimate of drug-likeness (QED) is 0.921. The lowest BCUT2D eigenvalue weighted by molar-refractivity contribution is 0.194. The maximum absolute atomic E-state index is 11.6. The molecule has 1 fully saturated rings. The molecule has 0 amide bonds. The largest absolute Gasteiger partial charge is 0.251 e. The molecule has 18 heavy (non-hydrogen) atoms. The topological polar surface area (TPSA) is 68.9 Å². The van der Waals surface area contributed by atoms with Gasteiger partial charge in [0.05, 0.1) is 20.2 Å². The van der Waals surface area contributed by atoms with E-state index in [0.717, 1.165) is 29.6 Å². The summed E-state index contributed by atoms with van der Waals surface area (Å²) >= 11 is 3.34. The first-order valence-electron chi connectivity index (χ1n) is 6.00. The molecule has 0 aromatic carbocycles. The minimum Gasteiger partial charge on any atom is -0.251 e. The predicted octanol–water partition coefficient (Wildman–Crippen LogP) is 2.45. The van der Waals surface area contributed by atoms with E-state index in [1.807, 2.05) is 13.8 Å². The fourth-order valence-corrected chi connectivity index (χ4v) is 3.18. The maximum Gasteiger partial charge on any atom is 0.134 e. The lowest BCUT2D eigenvalue weighted by Gasteiger charge is -2.44. The summed E-state index contributed by atoms with van der Waals surface area (Å²) in [4.78, 5) is 8.84. The highest BCUT2D eigenvalue weighted by Crippen LogP contribution is 2.48. The third kappa shape index (κ3) is 2.65. The molecule has 1 aliphatic rings. The zero-order chi connectivity index (χ0) is 13.4. The molecule has 1 atom stereocenters. The van der Waals surface area contributed by atoms with Gasteiger partial charge in [0.25, 0.3) is 0 Å². The Hall–Kier alpha value is -0.330. The maximum atomic E-state index is 11.6. The Morgan fingerprint density at radius 1 is 1.44 bits per heavy atom. The first-order chi connectivity index (χ1) is 8.36. The number of hydrogen-bond acceptors (Lipinski definition) is 3. The van der Waals surface area contributed by atoms with E-state index in [1.165, 1.54) is 6.42 Å². The Bertz CT molecular complexity index is 457. The molecule has 1 saturated carbocycles. The van der Waals surface area contributed by atoms with Crippen LogP contribution >= 0.6 is 15.9 Å². The van der Waals surface area contributed by atoms with E-state index in [4.69, 9.17) is 5.14 Å². The van der Waals surface area contributed by atoms with E-state index in [9.17, 15) is 4.21 Å². The van der Waals surface area contributed by atoms with Crippen LogP contribution in [0.5, 0.6) is 0 Å². The van der Waals surface area contributed by atoms with Gasteiger partial charge in [-0.2, -0.15) is 0 Å². The van der Waals surface area contributed by atoms with Crippen molar-refractivity contribution < 1.29 is 4.21 Å². The molecule has 2 N–H and O–H groups in total. The highest BCUT2D eigenvalue weighted by atomic mass is 79.9. The van der Waals surface area contributed by atoms with Crippen LogP contribution in [-0.4, -0.2) is 18.9 Å². The van der Waals surface area contributed by atoms with Gasteiger partial charge >= 0.3 is 0 Å². The smallest absolute Gasteiger partial charge is 0.134 e. The summed E-state index contributed by atoms with van der Waals surface area (Å²) in [6.07, 6.45) is 7.59. The van der Waals surface area contributed by atoms with Crippen molar-refractivity contribution in [2.45, 2.75) is 49.7 Å². The molecule has 4 nitrogen and oxygen atoms in total. The Morgan fingerprint density at radius 2 is 2.00 bits per heavy atom. The summed E-state index contributed by atoms with van der Waals surface area (Å²) in [6, 6.07) is 0. The summed E-state index contributed by atoms with van der Waals surface area (Å²) < 4.78 is 12.1. The Labute approximate surface area is 119 Å². The molecule has 1 unspecified atom stereocenters.